The van der Waals surface area contributed by atoms with Crippen LogP contribution in [0.5, 0.6) is 0 Å². The second-order valence-electron chi connectivity index (χ2n) is 5.35. The summed E-state index contributed by atoms with van der Waals surface area (Å²) in [5, 5.41) is 3.37. The third-order valence-corrected chi connectivity index (χ3v) is 3.32. The second-order valence-corrected chi connectivity index (χ2v) is 5.35. The summed E-state index contributed by atoms with van der Waals surface area (Å²) in [6.07, 6.45) is 4.73. The summed E-state index contributed by atoms with van der Waals surface area (Å²) in [5.41, 5.74) is 0.974. The molecule has 0 aliphatic carbocycles. The standard InChI is InChI=1S/C15H28N4O/c1-6-13(4)19(7-8-20-5)15-11-16-9-14(18-15)10-17-12(2)3/h9,11-13,17H,6-8,10H2,1-5H3. The summed E-state index contributed by atoms with van der Waals surface area (Å²) in [6.45, 7) is 10.9. The first-order chi connectivity index (χ1) is 9.58. The quantitative estimate of drug-likeness (QED) is 0.751. The Hall–Kier alpha value is -1.20. The Labute approximate surface area is 122 Å². The van der Waals surface area contributed by atoms with Crippen LogP contribution in [0.15, 0.2) is 12.4 Å². The van der Waals surface area contributed by atoms with Crippen LogP contribution in [0.2, 0.25) is 0 Å². The van der Waals surface area contributed by atoms with Crippen molar-refractivity contribution in [1.82, 2.24) is 15.3 Å². The van der Waals surface area contributed by atoms with E-state index in [2.05, 4.69) is 42.9 Å². The molecule has 1 heterocycles. The zero-order chi connectivity index (χ0) is 15.0. The molecule has 0 saturated heterocycles. The van der Waals surface area contributed by atoms with Gasteiger partial charge in [0, 0.05) is 38.5 Å². The molecule has 0 bridgehead atoms. The first-order valence-electron chi connectivity index (χ1n) is 7.38. The largest absolute Gasteiger partial charge is 0.383 e. The van der Waals surface area contributed by atoms with Gasteiger partial charge in [0.1, 0.15) is 5.82 Å². The summed E-state index contributed by atoms with van der Waals surface area (Å²) < 4.78 is 5.20. The van der Waals surface area contributed by atoms with E-state index in [-0.39, 0.29) is 0 Å². The van der Waals surface area contributed by atoms with Crippen LogP contribution in [0.1, 0.15) is 39.8 Å². The minimum atomic E-state index is 0.424. The Morgan fingerprint density at radius 1 is 1.30 bits per heavy atom. The van der Waals surface area contributed by atoms with Crippen LogP contribution in [-0.2, 0) is 11.3 Å². The van der Waals surface area contributed by atoms with E-state index in [0.29, 0.717) is 18.7 Å². The maximum Gasteiger partial charge on any atom is 0.147 e. The molecule has 0 aromatic carbocycles. The van der Waals surface area contributed by atoms with Gasteiger partial charge in [-0.15, -0.1) is 0 Å². The van der Waals surface area contributed by atoms with Crippen LogP contribution in [0.25, 0.3) is 0 Å². The molecule has 5 nitrogen and oxygen atoms in total. The summed E-state index contributed by atoms with van der Waals surface area (Å²) in [7, 11) is 1.73. The van der Waals surface area contributed by atoms with Crippen molar-refractivity contribution < 1.29 is 4.74 Å². The van der Waals surface area contributed by atoms with E-state index in [1.54, 1.807) is 7.11 Å². The fraction of sp³-hybridized carbons (Fsp3) is 0.733. The molecule has 0 radical (unpaired) electrons. The van der Waals surface area contributed by atoms with E-state index in [9.17, 15) is 0 Å². The van der Waals surface area contributed by atoms with Crippen LogP contribution in [0, 0.1) is 0 Å². The molecule has 0 aliphatic rings. The van der Waals surface area contributed by atoms with Crippen LogP contribution in [0.4, 0.5) is 5.82 Å². The maximum absolute atomic E-state index is 5.20. The molecule has 20 heavy (non-hydrogen) atoms. The molecule has 1 aromatic rings. The highest BCUT2D eigenvalue weighted by molar-refractivity contribution is 5.37. The number of hydrogen-bond donors (Lipinski definition) is 1. The fourth-order valence-corrected chi connectivity index (χ4v) is 1.90. The molecular formula is C15H28N4O. The average molecular weight is 280 g/mol. The van der Waals surface area contributed by atoms with Crippen LogP contribution in [-0.4, -0.2) is 42.3 Å². The summed E-state index contributed by atoms with van der Waals surface area (Å²) >= 11 is 0. The topological polar surface area (TPSA) is 50.3 Å². The smallest absolute Gasteiger partial charge is 0.147 e. The fourth-order valence-electron chi connectivity index (χ4n) is 1.90. The van der Waals surface area contributed by atoms with Gasteiger partial charge in [-0.05, 0) is 13.3 Å². The van der Waals surface area contributed by atoms with E-state index < -0.39 is 0 Å². The SMILES string of the molecule is CCC(C)N(CCOC)c1cncc(CNC(C)C)n1. The molecule has 1 aromatic heterocycles. The van der Waals surface area contributed by atoms with E-state index in [1.165, 1.54) is 0 Å². The van der Waals surface area contributed by atoms with Gasteiger partial charge in [-0.2, -0.15) is 0 Å². The molecule has 5 heteroatoms. The van der Waals surface area contributed by atoms with Crippen molar-refractivity contribution in [2.24, 2.45) is 0 Å². The molecule has 0 saturated carbocycles. The number of nitrogens with one attached hydrogen (secondary N) is 1. The number of nitrogens with zero attached hydrogens (tertiary/aromatic N) is 3. The lowest BCUT2D eigenvalue weighted by Gasteiger charge is -2.29. The number of hydrogen-bond acceptors (Lipinski definition) is 5. The third kappa shape index (κ3) is 5.43. The monoisotopic (exact) mass is 280 g/mol. The number of aromatic nitrogens is 2. The van der Waals surface area contributed by atoms with E-state index in [1.807, 2.05) is 12.4 Å². The highest BCUT2D eigenvalue weighted by Crippen LogP contribution is 2.15. The molecule has 1 atom stereocenters. The Kier molecular flexibility index (Phi) is 7.47. The van der Waals surface area contributed by atoms with Crippen molar-refractivity contribution in [3.63, 3.8) is 0 Å². The lowest BCUT2D eigenvalue weighted by atomic mass is 10.2. The Morgan fingerprint density at radius 3 is 2.65 bits per heavy atom. The summed E-state index contributed by atoms with van der Waals surface area (Å²) in [6, 6.07) is 0.868. The average Bonchev–Trinajstić information content (AvgIpc) is 2.45. The van der Waals surface area contributed by atoms with Gasteiger partial charge in [0.2, 0.25) is 0 Å². The Morgan fingerprint density at radius 2 is 2.05 bits per heavy atom. The number of rotatable bonds is 9. The molecule has 0 aliphatic heterocycles. The highest BCUT2D eigenvalue weighted by atomic mass is 16.5. The third-order valence-electron chi connectivity index (χ3n) is 3.32. The van der Waals surface area contributed by atoms with Gasteiger partial charge in [0.25, 0.3) is 0 Å². The van der Waals surface area contributed by atoms with E-state index in [0.717, 1.165) is 31.0 Å². The minimum absolute atomic E-state index is 0.424. The summed E-state index contributed by atoms with van der Waals surface area (Å²) in [5.74, 6) is 0.930. The molecule has 0 fully saturated rings. The van der Waals surface area contributed by atoms with Crippen LogP contribution >= 0.6 is 0 Å². The normalized spacial score (nSPS) is 12.7. The predicted octanol–water partition coefficient (Wildman–Crippen LogP) is 2.23. The minimum Gasteiger partial charge on any atom is -0.383 e. The van der Waals surface area contributed by atoms with Crippen molar-refractivity contribution in [2.75, 3.05) is 25.2 Å². The second kappa shape index (κ2) is 8.87. The van der Waals surface area contributed by atoms with Gasteiger partial charge in [-0.25, -0.2) is 4.98 Å². The Bertz CT molecular complexity index is 384. The van der Waals surface area contributed by atoms with Gasteiger partial charge in [0.15, 0.2) is 0 Å². The zero-order valence-corrected chi connectivity index (χ0v) is 13.4. The van der Waals surface area contributed by atoms with Gasteiger partial charge >= 0.3 is 0 Å². The lowest BCUT2D eigenvalue weighted by Crippen LogP contribution is -2.36. The van der Waals surface area contributed by atoms with E-state index >= 15 is 0 Å². The van der Waals surface area contributed by atoms with Gasteiger partial charge in [0.05, 0.1) is 18.5 Å². The first kappa shape index (κ1) is 16.9. The maximum atomic E-state index is 5.20. The molecular weight excluding hydrogens is 252 g/mol. The first-order valence-corrected chi connectivity index (χ1v) is 7.38. The number of anilines is 1. The van der Waals surface area contributed by atoms with Gasteiger partial charge in [-0.3, -0.25) is 4.98 Å². The molecule has 1 N–H and O–H groups in total. The van der Waals surface area contributed by atoms with Gasteiger partial charge in [-0.1, -0.05) is 20.8 Å². The molecule has 0 spiro atoms. The van der Waals surface area contributed by atoms with Crippen molar-refractivity contribution >= 4 is 5.82 Å². The zero-order valence-electron chi connectivity index (χ0n) is 13.4. The van der Waals surface area contributed by atoms with Crippen LogP contribution < -0.4 is 10.2 Å². The highest BCUT2D eigenvalue weighted by Gasteiger charge is 2.14. The van der Waals surface area contributed by atoms with Crippen molar-refractivity contribution in [2.45, 2.75) is 52.7 Å². The summed E-state index contributed by atoms with van der Waals surface area (Å²) in [4.78, 5) is 11.3. The molecule has 114 valence electrons. The van der Waals surface area contributed by atoms with E-state index in [4.69, 9.17) is 9.72 Å². The van der Waals surface area contributed by atoms with Crippen molar-refractivity contribution in [1.29, 1.82) is 0 Å². The van der Waals surface area contributed by atoms with Crippen molar-refractivity contribution in [3.8, 4) is 0 Å². The number of ether oxygens (including phenoxy) is 1. The molecule has 1 unspecified atom stereocenters. The number of methoxy groups -OCH3 is 1. The molecule has 0 amide bonds. The Balaban J connectivity index is 2.81. The van der Waals surface area contributed by atoms with Crippen molar-refractivity contribution in [3.05, 3.63) is 18.1 Å². The molecule has 1 rings (SSSR count). The predicted molar refractivity (Wildman–Crippen MR) is 83.0 cm³/mol. The lowest BCUT2D eigenvalue weighted by molar-refractivity contribution is 0.203. The van der Waals surface area contributed by atoms with Crippen LogP contribution in [0.3, 0.4) is 0 Å². The van der Waals surface area contributed by atoms with Gasteiger partial charge < -0.3 is 15.0 Å².